The first-order valence-electron chi connectivity index (χ1n) is 5.79. The monoisotopic (exact) mass is 183 g/mol. The zero-order chi connectivity index (χ0) is 9.90. The summed E-state index contributed by atoms with van der Waals surface area (Å²) in [7, 11) is 0. The minimum Gasteiger partial charge on any atom is -0.316 e. The third-order valence-electron chi connectivity index (χ3n) is 3.23. The van der Waals surface area contributed by atoms with Crippen LogP contribution in [0.3, 0.4) is 0 Å². The molecular weight excluding hydrogens is 158 g/mol. The van der Waals surface area contributed by atoms with Crippen LogP contribution in [0, 0.1) is 17.3 Å². The lowest BCUT2D eigenvalue weighted by Gasteiger charge is -2.14. The summed E-state index contributed by atoms with van der Waals surface area (Å²) in [5.41, 5.74) is 0.676. The molecule has 2 unspecified atom stereocenters. The second kappa shape index (κ2) is 4.45. The van der Waals surface area contributed by atoms with Crippen molar-refractivity contribution < 1.29 is 0 Å². The maximum Gasteiger partial charge on any atom is -0.00151 e. The van der Waals surface area contributed by atoms with Gasteiger partial charge in [0.2, 0.25) is 0 Å². The molecule has 0 aromatic heterocycles. The molecule has 1 aliphatic rings. The Bertz CT molecular complexity index is 153. The molecule has 0 saturated heterocycles. The van der Waals surface area contributed by atoms with Crippen LogP contribution < -0.4 is 5.32 Å². The van der Waals surface area contributed by atoms with Crippen LogP contribution in [0.2, 0.25) is 0 Å². The Morgan fingerprint density at radius 1 is 1.46 bits per heavy atom. The Morgan fingerprint density at radius 3 is 2.69 bits per heavy atom. The molecule has 1 nitrogen and oxygen atoms in total. The molecule has 1 aliphatic carbocycles. The Hall–Kier alpha value is -0.0400. The molecule has 1 N–H and O–H groups in total. The predicted octanol–water partition coefficient (Wildman–Crippen LogP) is 3.06. The maximum atomic E-state index is 3.53. The van der Waals surface area contributed by atoms with E-state index in [1.54, 1.807) is 0 Å². The van der Waals surface area contributed by atoms with Crippen LogP contribution in [-0.2, 0) is 0 Å². The fraction of sp³-hybridized carbons (Fsp3) is 1.00. The van der Waals surface area contributed by atoms with E-state index in [1.165, 1.54) is 32.4 Å². The highest BCUT2D eigenvalue weighted by molar-refractivity contribution is 4.99. The topological polar surface area (TPSA) is 12.0 Å². The number of nitrogens with one attached hydrogen (secondary N) is 1. The highest BCUT2D eigenvalue weighted by Crippen LogP contribution is 2.55. The van der Waals surface area contributed by atoms with Gasteiger partial charge in [-0.25, -0.2) is 0 Å². The van der Waals surface area contributed by atoms with Crippen molar-refractivity contribution in [2.45, 2.75) is 47.0 Å². The molecule has 1 rings (SSSR count). The Kier molecular flexibility index (Phi) is 3.78. The van der Waals surface area contributed by atoms with Gasteiger partial charge in [0.1, 0.15) is 0 Å². The van der Waals surface area contributed by atoms with Crippen LogP contribution in [0.5, 0.6) is 0 Å². The smallest absolute Gasteiger partial charge is 0.00151 e. The zero-order valence-electron chi connectivity index (χ0n) is 9.69. The summed E-state index contributed by atoms with van der Waals surface area (Å²) in [4.78, 5) is 0. The lowest BCUT2D eigenvalue weighted by molar-refractivity contribution is 0.380. The maximum absolute atomic E-state index is 3.53. The van der Waals surface area contributed by atoms with E-state index in [-0.39, 0.29) is 0 Å². The fourth-order valence-corrected chi connectivity index (χ4v) is 2.46. The molecule has 0 aromatic rings. The van der Waals surface area contributed by atoms with E-state index >= 15 is 0 Å². The van der Waals surface area contributed by atoms with Gasteiger partial charge in [0.25, 0.3) is 0 Å². The molecular formula is C12H25N. The van der Waals surface area contributed by atoms with Gasteiger partial charge in [-0.3, -0.25) is 0 Å². The molecule has 78 valence electrons. The van der Waals surface area contributed by atoms with E-state index in [9.17, 15) is 0 Å². The van der Waals surface area contributed by atoms with Crippen LogP contribution in [0.1, 0.15) is 47.0 Å². The molecule has 0 aliphatic heterocycles. The second-order valence-corrected chi connectivity index (χ2v) is 5.36. The van der Waals surface area contributed by atoms with Gasteiger partial charge in [-0.15, -0.1) is 0 Å². The summed E-state index contributed by atoms with van der Waals surface area (Å²) in [6, 6.07) is 0. The van der Waals surface area contributed by atoms with Crippen molar-refractivity contribution in [2.24, 2.45) is 17.3 Å². The van der Waals surface area contributed by atoms with Crippen molar-refractivity contribution in [3.63, 3.8) is 0 Å². The molecule has 13 heavy (non-hydrogen) atoms. The van der Waals surface area contributed by atoms with Crippen LogP contribution >= 0.6 is 0 Å². The molecule has 1 heteroatoms. The quantitative estimate of drug-likeness (QED) is 0.624. The average molecular weight is 183 g/mol. The number of rotatable bonds is 6. The number of hydrogen-bond acceptors (Lipinski definition) is 1. The van der Waals surface area contributed by atoms with Crippen LogP contribution in [0.4, 0.5) is 0 Å². The summed E-state index contributed by atoms with van der Waals surface area (Å²) < 4.78 is 0. The van der Waals surface area contributed by atoms with Gasteiger partial charge in [0.05, 0.1) is 0 Å². The first-order valence-corrected chi connectivity index (χ1v) is 5.79. The van der Waals surface area contributed by atoms with Crippen LogP contribution in [0.25, 0.3) is 0 Å². The summed E-state index contributed by atoms with van der Waals surface area (Å²) in [5.74, 6) is 1.82. The summed E-state index contributed by atoms with van der Waals surface area (Å²) in [6.45, 7) is 11.8. The van der Waals surface area contributed by atoms with E-state index in [0.29, 0.717) is 5.41 Å². The van der Waals surface area contributed by atoms with Crippen molar-refractivity contribution >= 4 is 0 Å². The molecule has 2 atom stereocenters. The first kappa shape index (κ1) is 11.0. The molecule has 0 spiro atoms. The molecule has 0 aromatic carbocycles. The normalized spacial score (nSPS) is 32.5. The highest BCUT2D eigenvalue weighted by atomic mass is 14.9. The summed E-state index contributed by atoms with van der Waals surface area (Å²) >= 11 is 0. The molecule has 1 fully saturated rings. The predicted molar refractivity (Wildman–Crippen MR) is 58.8 cm³/mol. The average Bonchev–Trinajstić information content (AvgIpc) is 2.60. The fourth-order valence-electron chi connectivity index (χ4n) is 2.46. The van der Waals surface area contributed by atoms with E-state index in [4.69, 9.17) is 0 Å². The summed E-state index contributed by atoms with van der Waals surface area (Å²) in [6.07, 6.45) is 4.11. The third-order valence-corrected chi connectivity index (χ3v) is 3.23. The molecule has 0 heterocycles. The Balaban J connectivity index is 2.12. The summed E-state index contributed by atoms with van der Waals surface area (Å²) in [5, 5.41) is 3.53. The SMILES string of the molecule is CCCNCC1CC1(C)CC(C)C. The van der Waals surface area contributed by atoms with Gasteiger partial charge in [-0.1, -0.05) is 27.7 Å². The lowest BCUT2D eigenvalue weighted by Crippen LogP contribution is -2.20. The Morgan fingerprint density at radius 2 is 2.15 bits per heavy atom. The molecule has 1 saturated carbocycles. The van der Waals surface area contributed by atoms with Crippen LogP contribution in [-0.4, -0.2) is 13.1 Å². The van der Waals surface area contributed by atoms with Gasteiger partial charge in [-0.05, 0) is 49.6 Å². The molecule has 0 bridgehead atoms. The van der Waals surface area contributed by atoms with Crippen molar-refractivity contribution in [1.29, 1.82) is 0 Å². The molecule has 0 radical (unpaired) electrons. The van der Waals surface area contributed by atoms with Crippen molar-refractivity contribution in [2.75, 3.05) is 13.1 Å². The highest BCUT2D eigenvalue weighted by Gasteiger charge is 2.48. The second-order valence-electron chi connectivity index (χ2n) is 5.36. The zero-order valence-corrected chi connectivity index (χ0v) is 9.69. The van der Waals surface area contributed by atoms with Gasteiger partial charge < -0.3 is 5.32 Å². The minimum absolute atomic E-state index is 0.676. The largest absolute Gasteiger partial charge is 0.316 e. The van der Waals surface area contributed by atoms with E-state index in [1.807, 2.05) is 0 Å². The van der Waals surface area contributed by atoms with Gasteiger partial charge in [-0.2, -0.15) is 0 Å². The Labute approximate surface area is 83.3 Å². The molecule has 0 amide bonds. The van der Waals surface area contributed by atoms with E-state index in [2.05, 4.69) is 33.0 Å². The van der Waals surface area contributed by atoms with Crippen molar-refractivity contribution in [1.82, 2.24) is 5.32 Å². The van der Waals surface area contributed by atoms with Gasteiger partial charge >= 0.3 is 0 Å². The van der Waals surface area contributed by atoms with Crippen molar-refractivity contribution in [3.8, 4) is 0 Å². The minimum atomic E-state index is 0.676. The van der Waals surface area contributed by atoms with Gasteiger partial charge in [0.15, 0.2) is 0 Å². The van der Waals surface area contributed by atoms with E-state index < -0.39 is 0 Å². The van der Waals surface area contributed by atoms with E-state index in [0.717, 1.165) is 11.8 Å². The van der Waals surface area contributed by atoms with Crippen molar-refractivity contribution in [3.05, 3.63) is 0 Å². The van der Waals surface area contributed by atoms with Crippen LogP contribution in [0.15, 0.2) is 0 Å². The number of hydrogen-bond donors (Lipinski definition) is 1. The lowest BCUT2D eigenvalue weighted by atomic mass is 9.94. The standard InChI is InChI=1S/C12H25N/c1-5-6-13-9-11-8-12(11,4)7-10(2)3/h10-11,13H,5-9H2,1-4H3. The van der Waals surface area contributed by atoms with Gasteiger partial charge in [0, 0.05) is 0 Å². The third kappa shape index (κ3) is 3.30. The first-order chi connectivity index (χ1) is 6.08.